The smallest absolute Gasteiger partial charge is 0.156 e. The second kappa shape index (κ2) is 12.8. The molecule has 0 aromatic carbocycles. The molecular weight excluding hydrogens is 424 g/mol. The number of unbranched alkanes of at least 4 members (excludes halogenated alkanes) is 1. The van der Waals surface area contributed by atoms with Crippen molar-refractivity contribution in [2.24, 2.45) is 28.6 Å². The number of terminal acetylenes is 1. The van der Waals surface area contributed by atoms with Crippen molar-refractivity contribution in [1.29, 1.82) is 0 Å². The molecule has 1 saturated heterocycles. The molecular formula is C34H58O. The number of hydrogen-bond donors (Lipinski definition) is 0. The van der Waals surface area contributed by atoms with E-state index in [1.54, 1.807) is 0 Å². The van der Waals surface area contributed by atoms with Gasteiger partial charge in [0.2, 0.25) is 0 Å². The molecule has 200 valence electrons. The van der Waals surface area contributed by atoms with E-state index in [0.717, 1.165) is 30.8 Å². The predicted octanol–water partition coefficient (Wildman–Crippen LogP) is 10.3. The first kappa shape index (κ1) is 31.8. The molecule has 4 fully saturated rings. The lowest BCUT2D eigenvalue weighted by Crippen LogP contribution is -2.70. The topological polar surface area (TPSA) is 9.23 Å². The third-order valence-electron chi connectivity index (χ3n) is 9.52. The van der Waals surface area contributed by atoms with E-state index in [2.05, 4.69) is 66.7 Å². The van der Waals surface area contributed by atoms with Crippen LogP contribution in [0.4, 0.5) is 0 Å². The summed E-state index contributed by atoms with van der Waals surface area (Å²) in [5.74, 6) is 5.08. The van der Waals surface area contributed by atoms with E-state index in [0.29, 0.717) is 28.8 Å². The zero-order chi connectivity index (χ0) is 25.7. The van der Waals surface area contributed by atoms with Crippen LogP contribution in [0.1, 0.15) is 127 Å². The fourth-order valence-electron chi connectivity index (χ4n) is 8.25. The van der Waals surface area contributed by atoms with Gasteiger partial charge in [-0.1, -0.05) is 111 Å². The maximum Gasteiger partial charge on any atom is 0.156 e. The molecule has 0 bridgehead atoms. The van der Waals surface area contributed by atoms with Crippen molar-refractivity contribution in [2.45, 2.75) is 139 Å². The van der Waals surface area contributed by atoms with Crippen LogP contribution in [0.15, 0.2) is 36.0 Å². The van der Waals surface area contributed by atoms with Gasteiger partial charge in [0.15, 0.2) is 5.60 Å². The van der Waals surface area contributed by atoms with Gasteiger partial charge >= 0.3 is 0 Å². The third-order valence-corrected chi connectivity index (χ3v) is 9.52. The van der Waals surface area contributed by atoms with Gasteiger partial charge in [-0.25, -0.2) is 0 Å². The summed E-state index contributed by atoms with van der Waals surface area (Å²) >= 11 is 0. The monoisotopic (exact) mass is 482 g/mol. The van der Waals surface area contributed by atoms with Crippen molar-refractivity contribution in [1.82, 2.24) is 0 Å². The average Bonchev–Trinajstić information content (AvgIpc) is 3.11. The Kier molecular flexibility index (Phi) is 11.6. The van der Waals surface area contributed by atoms with E-state index < -0.39 is 5.60 Å². The summed E-state index contributed by atoms with van der Waals surface area (Å²) < 4.78 is 6.67. The maximum absolute atomic E-state index is 6.67. The fraction of sp³-hybridized carbons (Fsp3) is 0.765. The van der Waals surface area contributed by atoms with E-state index in [1.807, 2.05) is 13.8 Å². The first-order valence-corrected chi connectivity index (χ1v) is 14.4. The largest absolute Gasteiger partial charge is 0.354 e. The summed E-state index contributed by atoms with van der Waals surface area (Å²) in [6, 6.07) is 0. The van der Waals surface area contributed by atoms with E-state index in [1.165, 1.54) is 56.1 Å². The Labute approximate surface area is 220 Å². The van der Waals surface area contributed by atoms with E-state index in [-0.39, 0.29) is 7.43 Å². The Hall–Kier alpha value is -1.26. The van der Waals surface area contributed by atoms with Crippen LogP contribution in [0, 0.1) is 40.9 Å². The van der Waals surface area contributed by atoms with Crippen LogP contribution >= 0.6 is 0 Å². The molecule has 0 radical (unpaired) electrons. The highest BCUT2D eigenvalue weighted by Gasteiger charge is 2.72. The molecule has 1 heteroatoms. The summed E-state index contributed by atoms with van der Waals surface area (Å²) in [6.07, 6.45) is 21.0. The number of ether oxygens (including phenoxy) is 1. The van der Waals surface area contributed by atoms with E-state index in [4.69, 9.17) is 11.2 Å². The van der Waals surface area contributed by atoms with Gasteiger partial charge in [-0.05, 0) is 80.1 Å². The second-order valence-corrected chi connectivity index (χ2v) is 11.4. The molecule has 1 heterocycles. The summed E-state index contributed by atoms with van der Waals surface area (Å²) in [5, 5.41) is 0. The highest BCUT2D eigenvalue weighted by molar-refractivity contribution is 5.43. The lowest BCUT2D eigenvalue weighted by Gasteiger charge is -2.67. The molecule has 0 N–H and O–H groups in total. The molecule has 3 aliphatic carbocycles. The molecule has 0 aromatic rings. The molecule has 7 unspecified atom stereocenters. The van der Waals surface area contributed by atoms with E-state index >= 15 is 0 Å². The van der Waals surface area contributed by atoms with Gasteiger partial charge in [-0.3, -0.25) is 0 Å². The van der Waals surface area contributed by atoms with Crippen LogP contribution in [0.25, 0.3) is 0 Å². The average molecular weight is 483 g/mol. The third kappa shape index (κ3) is 4.99. The van der Waals surface area contributed by atoms with Gasteiger partial charge in [0.1, 0.15) is 0 Å². The molecule has 0 spiro atoms. The normalized spacial score (nSPS) is 39.1. The minimum Gasteiger partial charge on any atom is -0.354 e. The molecule has 1 aliphatic heterocycles. The zero-order valence-electron chi connectivity index (χ0n) is 23.9. The van der Waals surface area contributed by atoms with Crippen molar-refractivity contribution in [3.8, 4) is 12.3 Å². The van der Waals surface area contributed by atoms with Gasteiger partial charge in [0.25, 0.3) is 0 Å². The van der Waals surface area contributed by atoms with Crippen LogP contribution in [0.2, 0.25) is 0 Å². The first-order valence-electron chi connectivity index (χ1n) is 14.4. The standard InChI is InChI=1S/C28H40O.C3H8.C2H6.CH4/c1-8-11-15-27(20(6)9-2)16-14-23-22-13-12-21(17-19(4)5)28(10-3)25(22)24(29-28)18-26(23,27)7;1-3-2;1-2;/h3,17,22-25H,4,6,8-9,11-16,18H2,1-2,5,7H3;3H2,1-2H3;1-2H3;1H4/b21-17-;;;. The van der Waals surface area contributed by atoms with Crippen molar-refractivity contribution < 1.29 is 4.74 Å². The number of hydrogen-bond acceptors (Lipinski definition) is 1. The number of rotatable bonds is 6. The fourth-order valence-corrected chi connectivity index (χ4v) is 8.25. The van der Waals surface area contributed by atoms with Gasteiger partial charge in [0, 0.05) is 5.92 Å². The lowest BCUT2D eigenvalue weighted by molar-refractivity contribution is -0.288. The zero-order valence-corrected chi connectivity index (χ0v) is 23.9. The SMILES string of the molecule is C.C#CC12OC3CC4(C)C(CCC4(CCCC)C(=C)CC)C(CC/C1=C/C(=C)C)C32.CC.CCC. The van der Waals surface area contributed by atoms with Gasteiger partial charge in [-0.15, -0.1) is 6.42 Å². The van der Waals surface area contributed by atoms with Crippen molar-refractivity contribution in [2.75, 3.05) is 0 Å². The molecule has 0 amide bonds. The summed E-state index contributed by atoms with van der Waals surface area (Å²) in [5.41, 5.74) is 4.03. The highest BCUT2D eigenvalue weighted by Crippen LogP contribution is 2.74. The Morgan fingerprint density at radius 3 is 2.31 bits per heavy atom. The van der Waals surface area contributed by atoms with Crippen LogP contribution in [-0.4, -0.2) is 11.7 Å². The molecule has 0 aromatic heterocycles. The maximum atomic E-state index is 6.67. The van der Waals surface area contributed by atoms with E-state index in [9.17, 15) is 0 Å². The molecule has 1 nitrogen and oxygen atoms in total. The lowest BCUT2D eigenvalue weighted by atomic mass is 9.44. The van der Waals surface area contributed by atoms with Crippen molar-refractivity contribution in [3.05, 3.63) is 36.0 Å². The van der Waals surface area contributed by atoms with Crippen molar-refractivity contribution in [3.63, 3.8) is 0 Å². The van der Waals surface area contributed by atoms with Crippen LogP contribution in [0.3, 0.4) is 0 Å². The van der Waals surface area contributed by atoms with Crippen LogP contribution in [-0.2, 0) is 4.74 Å². The summed E-state index contributed by atoms with van der Waals surface area (Å²) in [7, 11) is 0. The second-order valence-electron chi connectivity index (χ2n) is 11.4. The Morgan fingerprint density at radius 1 is 1.17 bits per heavy atom. The quantitative estimate of drug-likeness (QED) is 0.270. The summed E-state index contributed by atoms with van der Waals surface area (Å²) in [6.45, 7) is 26.3. The van der Waals surface area contributed by atoms with Gasteiger partial charge < -0.3 is 4.74 Å². The Balaban J connectivity index is 0.000000950. The minimum absolute atomic E-state index is 0. The first-order chi connectivity index (χ1) is 16.2. The van der Waals surface area contributed by atoms with Gasteiger partial charge in [-0.2, -0.15) is 0 Å². The molecule has 4 rings (SSSR count). The Morgan fingerprint density at radius 2 is 1.80 bits per heavy atom. The van der Waals surface area contributed by atoms with Crippen molar-refractivity contribution >= 4 is 0 Å². The predicted molar refractivity (Wildman–Crippen MR) is 156 cm³/mol. The van der Waals surface area contributed by atoms with Crippen LogP contribution < -0.4 is 0 Å². The minimum atomic E-state index is -0.454. The number of allylic oxidation sites excluding steroid dienone is 3. The van der Waals surface area contributed by atoms with Crippen LogP contribution in [0.5, 0.6) is 0 Å². The Bertz CT molecular complexity index is 796. The molecule has 35 heavy (non-hydrogen) atoms. The molecule has 7 atom stereocenters. The number of fused-ring (bicyclic) bond motifs is 2. The van der Waals surface area contributed by atoms with Gasteiger partial charge in [0.05, 0.1) is 6.10 Å². The summed E-state index contributed by atoms with van der Waals surface area (Å²) in [4.78, 5) is 0. The highest BCUT2D eigenvalue weighted by atomic mass is 16.5. The molecule has 3 saturated carbocycles. The molecule has 4 aliphatic rings.